The fourth-order valence-electron chi connectivity index (χ4n) is 2.98. The number of hydrogen-bond acceptors (Lipinski definition) is 6. The monoisotopic (exact) mass is 384 g/mol. The number of hydrogen-bond donors (Lipinski definition) is 0. The van der Waals surface area contributed by atoms with Gasteiger partial charge in [-0.3, -0.25) is 0 Å². The van der Waals surface area contributed by atoms with Crippen LogP contribution in [0.2, 0.25) is 0 Å². The smallest absolute Gasteiger partial charge is 0.349 e. The molecule has 0 bridgehead atoms. The number of methoxy groups -OCH3 is 1. The van der Waals surface area contributed by atoms with Gasteiger partial charge in [0.1, 0.15) is 35.3 Å². The largest absolute Gasteiger partial charge is 0.465 e. The van der Waals surface area contributed by atoms with Crippen molar-refractivity contribution >= 4 is 18.0 Å². The Morgan fingerprint density at radius 3 is 2.61 bits per heavy atom. The summed E-state index contributed by atoms with van der Waals surface area (Å²) in [5, 5.41) is 9.37. The molecule has 2 rings (SSSR count). The minimum Gasteiger partial charge on any atom is -0.465 e. The van der Waals surface area contributed by atoms with Gasteiger partial charge in [0.15, 0.2) is 0 Å². The molecule has 0 spiro atoms. The van der Waals surface area contributed by atoms with Crippen LogP contribution in [-0.4, -0.2) is 23.6 Å². The molecular formula is C21H24N2O5. The molecule has 0 aliphatic rings. The van der Waals surface area contributed by atoms with E-state index in [-0.39, 0.29) is 17.7 Å². The van der Waals surface area contributed by atoms with Crippen molar-refractivity contribution < 1.29 is 23.5 Å². The normalized spacial score (nSPS) is 11.2. The van der Waals surface area contributed by atoms with E-state index in [4.69, 9.17) is 9.15 Å². The van der Waals surface area contributed by atoms with Crippen molar-refractivity contribution in [1.29, 1.82) is 5.26 Å². The standard InChI is InChI=1S/C21H24N2O5/c1-6-7-23-13(2)8-16(14(23)3)9-17(11-22)20(24)27-12-18-10-19(15(4)28-18)21(25)26-5/h8-10H,6-7,12H2,1-5H3/b17-9+. The molecule has 0 saturated heterocycles. The first-order chi connectivity index (χ1) is 13.3. The van der Waals surface area contributed by atoms with Gasteiger partial charge in [0.2, 0.25) is 0 Å². The summed E-state index contributed by atoms with van der Waals surface area (Å²) in [6, 6.07) is 5.29. The van der Waals surface area contributed by atoms with Crippen molar-refractivity contribution in [2.24, 2.45) is 0 Å². The van der Waals surface area contributed by atoms with Crippen LogP contribution in [0.3, 0.4) is 0 Å². The zero-order chi connectivity index (χ0) is 20.8. The third-order valence-corrected chi connectivity index (χ3v) is 4.42. The lowest BCUT2D eigenvalue weighted by Gasteiger charge is -2.07. The molecule has 0 radical (unpaired) electrons. The topological polar surface area (TPSA) is 94.5 Å². The van der Waals surface area contributed by atoms with E-state index >= 15 is 0 Å². The number of aromatic nitrogens is 1. The number of rotatable bonds is 7. The molecule has 7 nitrogen and oxygen atoms in total. The number of nitriles is 1. The highest BCUT2D eigenvalue weighted by molar-refractivity contribution is 5.98. The summed E-state index contributed by atoms with van der Waals surface area (Å²) in [6.07, 6.45) is 2.52. The Hall–Kier alpha value is -3.27. The molecule has 28 heavy (non-hydrogen) atoms. The first-order valence-corrected chi connectivity index (χ1v) is 8.95. The van der Waals surface area contributed by atoms with Crippen LogP contribution in [0.5, 0.6) is 0 Å². The maximum atomic E-state index is 12.3. The van der Waals surface area contributed by atoms with Crippen molar-refractivity contribution in [2.45, 2.75) is 47.3 Å². The van der Waals surface area contributed by atoms with Crippen LogP contribution in [0.15, 0.2) is 22.1 Å². The van der Waals surface area contributed by atoms with Crippen LogP contribution in [0, 0.1) is 32.1 Å². The second-order valence-corrected chi connectivity index (χ2v) is 6.40. The average Bonchev–Trinajstić information content (AvgIpc) is 3.18. The first-order valence-electron chi connectivity index (χ1n) is 8.95. The molecule has 0 N–H and O–H groups in total. The number of furan rings is 1. The van der Waals surface area contributed by atoms with Gasteiger partial charge < -0.3 is 18.5 Å². The lowest BCUT2D eigenvalue weighted by atomic mass is 10.1. The number of carbonyl (C=O) groups excluding carboxylic acids is 2. The fraction of sp³-hybridized carbons (Fsp3) is 0.381. The molecule has 0 unspecified atom stereocenters. The molecule has 0 fully saturated rings. The summed E-state index contributed by atoms with van der Waals surface area (Å²) >= 11 is 0. The summed E-state index contributed by atoms with van der Waals surface area (Å²) in [6.45, 7) is 8.33. The third kappa shape index (κ3) is 4.52. The van der Waals surface area contributed by atoms with E-state index in [1.165, 1.54) is 19.3 Å². The Morgan fingerprint density at radius 2 is 2.00 bits per heavy atom. The zero-order valence-electron chi connectivity index (χ0n) is 16.8. The molecule has 7 heteroatoms. The van der Waals surface area contributed by atoms with E-state index in [2.05, 4.69) is 16.2 Å². The lowest BCUT2D eigenvalue weighted by molar-refractivity contribution is -0.140. The predicted octanol–water partition coefficient (Wildman–Crippen LogP) is 3.85. The highest BCUT2D eigenvalue weighted by Gasteiger charge is 2.18. The van der Waals surface area contributed by atoms with E-state index in [1.54, 1.807) is 6.92 Å². The van der Waals surface area contributed by atoms with E-state index < -0.39 is 11.9 Å². The number of aryl methyl sites for hydroxylation is 2. The molecule has 2 heterocycles. The molecule has 0 aliphatic carbocycles. The molecular weight excluding hydrogens is 360 g/mol. The minimum atomic E-state index is -0.753. The minimum absolute atomic E-state index is 0.104. The number of carbonyl (C=O) groups is 2. The quantitative estimate of drug-likeness (QED) is 0.409. The lowest BCUT2D eigenvalue weighted by Crippen LogP contribution is -2.07. The van der Waals surface area contributed by atoms with E-state index in [9.17, 15) is 14.9 Å². The second kappa shape index (κ2) is 9.09. The van der Waals surface area contributed by atoms with Crippen LogP contribution < -0.4 is 0 Å². The van der Waals surface area contributed by atoms with E-state index in [0.717, 1.165) is 29.9 Å². The molecule has 0 atom stereocenters. The maximum Gasteiger partial charge on any atom is 0.349 e. The summed E-state index contributed by atoms with van der Waals surface area (Å²) < 4.78 is 17.4. The summed E-state index contributed by atoms with van der Waals surface area (Å²) in [5.74, 6) is -0.614. The Bertz CT molecular complexity index is 956. The van der Waals surface area contributed by atoms with Gasteiger partial charge in [-0.15, -0.1) is 0 Å². The van der Waals surface area contributed by atoms with Crippen molar-refractivity contribution in [3.63, 3.8) is 0 Å². The van der Waals surface area contributed by atoms with E-state index in [0.29, 0.717) is 11.5 Å². The number of esters is 2. The van der Waals surface area contributed by atoms with Gasteiger partial charge in [-0.25, -0.2) is 9.59 Å². The second-order valence-electron chi connectivity index (χ2n) is 6.40. The number of nitrogens with zero attached hydrogens (tertiary/aromatic N) is 2. The molecule has 2 aromatic rings. The summed E-state index contributed by atoms with van der Waals surface area (Å²) in [5.41, 5.74) is 3.03. The van der Waals surface area contributed by atoms with Gasteiger partial charge in [-0.2, -0.15) is 5.26 Å². The van der Waals surface area contributed by atoms with Gasteiger partial charge in [0.05, 0.1) is 7.11 Å². The molecule has 0 aromatic carbocycles. The third-order valence-electron chi connectivity index (χ3n) is 4.42. The first kappa shape index (κ1) is 21.0. The van der Waals surface area contributed by atoms with Gasteiger partial charge >= 0.3 is 11.9 Å². The van der Waals surface area contributed by atoms with Crippen LogP contribution in [0.25, 0.3) is 6.08 Å². The van der Waals surface area contributed by atoms with Gasteiger partial charge in [-0.1, -0.05) is 6.92 Å². The fourth-order valence-corrected chi connectivity index (χ4v) is 2.98. The summed E-state index contributed by atoms with van der Waals surface area (Å²) in [7, 11) is 1.27. The van der Waals surface area contributed by atoms with Crippen molar-refractivity contribution in [3.8, 4) is 6.07 Å². The Morgan fingerprint density at radius 1 is 1.29 bits per heavy atom. The van der Waals surface area contributed by atoms with Crippen LogP contribution >= 0.6 is 0 Å². The summed E-state index contributed by atoms with van der Waals surface area (Å²) in [4.78, 5) is 23.9. The Labute approximate surface area is 164 Å². The molecule has 2 aromatic heterocycles. The van der Waals surface area contributed by atoms with Crippen molar-refractivity contribution in [3.05, 3.63) is 51.7 Å². The Kier molecular flexibility index (Phi) is 6.83. The zero-order valence-corrected chi connectivity index (χ0v) is 16.8. The Balaban J connectivity index is 2.15. The molecule has 0 amide bonds. The molecule has 0 aliphatic heterocycles. The molecule has 148 valence electrons. The average molecular weight is 384 g/mol. The SMILES string of the molecule is CCCn1c(C)cc(/C=C(\C#N)C(=O)OCc2cc(C(=O)OC)c(C)o2)c1C. The van der Waals surface area contributed by atoms with Gasteiger partial charge in [0.25, 0.3) is 0 Å². The van der Waals surface area contributed by atoms with Crippen LogP contribution in [0.1, 0.15) is 52.2 Å². The maximum absolute atomic E-state index is 12.3. The predicted molar refractivity (Wildman–Crippen MR) is 102 cm³/mol. The van der Waals surface area contributed by atoms with Crippen molar-refractivity contribution in [2.75, 3.05) is 7.11 Å². The van der Waals surface area contributed by atoms with Gasteiger partial charge in [0, 0.05) is 17.9 Å². The van der Waals surface area contributed by atoms with E-state index in [1.807, 2.05) is 26.0 Å². The highest BCUT2D eigenvalue weighted by Crippen LogP contribution is 2.20. The van der Waals surface area contributed by atoms with Crippen molar-refractivity contribution in [1.82, 2.24) is 4.57 Å². The highest BCUT2D eigenvalue weighted by atomic mass is 16.5. The molecule has 0 saturated carbocycles. The van der Waals surface area contributed by atoms with Crippen LogP contribution in [-0.2, 0) is 27.4 Å². The van der Waals surface area contributed by atoms with Crippen LogP contribution in [0.4, 0.5) is 0 Å². The van der Waals surface area contributed by atoms with Gasteiger partial charge in [-0.05, 0) is 51.0 Å². The number of ether oxygens (including phenoxy) is 2.